The van der Waals surface area contributed by atoms with E-state index in [1.807, 2.05) is 0 Å². The second-order valence-corrected chi connectivity index (χ2v) is 3.91. The first-order chi connectivity index (χ1) is 6.22. The summed E-state index contributed by atoms with van der Waals surface area (Å²) >= 11 is 0. The number of aliphatic carboxylic acids is 1. The average Bonchev–Trinajstić information content (AvgIpc) is 2.15. The normalized spacial score (nSPS) is 28.7. The van der Waals surface area contributed by atoms with E-state index in [0.29, 0.717) is 6.04 Å². The van der Waals surface area contributed by atoms with E-state index in [9.17, 15) is 4.79 Å². The van der Waals surface area contributed by atoms with Crippen LogP contribution in [0, 0.1) is 5.92 Å². The maximum absolute atomic E-state index is 10.3. The molecule has 1 rings (SSSR count). The van der Waals surface area contributed by atoms with Gasteiger partial charge in [-0.1, -0.05) is 26.2 Å². The highest BCUT2D eigenvalue weighted by atomic mass is 16.4. The van der Waals surface area contributed by atoms with E-state index in [1.165, 1.54) is 19.3 Å². The lowest BCUT2D eigenvalue weighted by molar-refractivity contribution is -0.136. The molecule has 0 radical (unpaired) electrons. The number of carboxylic acids is 1. The van der Waals surface area contributed by atoms with Crippen LogP contribution in [0.3, 0.4) is 0 Å². The van der Waals surface area contributed by atoms with Gasteiger partial charge in [-0.15, -0.1) is 0 Å². The summed E-state index contributed by atoms with van der Waals surface area (Å²) in [6, 6.07) is 0.440. The zero-order valence-corrected chi connectivity index (χ0v) is 8.25. The van der Waals surface area contributed by atoms with Crippen molar-refractivity contribution in [2.24, 2.45) is 5.92 Å². The van der Waals surface area contributed by atoms with Crippen LogP contribution in [0.1, 0.15) is 39.0 Å². The second kappa shape index (κ2) is 5.22. The highest BCUT2D eigenvalue weighted by molar-refractivity contribution is 5.69. The fraction of sp³-hybridized carbons (Fsp3) is 0.900. The number of hydrogen-bond donors (Lipinski definition) is 2. The third kappa shape index (κ3) is 3.77. The van der Waals surface area contributed by atoms with Gasteiger partial charge in [0.1, 0.15) is 0 Å². The highest BCUT2D eigenvalue weighted by Crippen LogP contribution is 2.26. The number of rotatable bonds is 4. The van der Waals surface area contributed by atoms with Crippen LogP contribution in [0.15, 0.2) is 0 Å². The van der Waals surface area contributed by atoms with E-state index >= 15 is 0 Å². The smallest absolute Gasteiger partial charge is 0.317 e. The first-order valence-corrected chi connectivity index (χ1v) is 5.17. The summed E-state index contributed by atoms with van der Waals surface area (Å²) in [6.45, 7) is 2.32. The van der Waals surface area contributed by atoms with Gasteiger partial charge in [-0.05, 0) is 18.8 Å². The van der Waals surface area contributed by atoms with Gasteiger partial charge in [0, 0.05) is 6.04 Å². The van der Waals surface area contributed by atoms with Gasteiger partial charge in [0.25, 0.3) is 0 Å². The van der Waals surface area contributed by atoms with Crippen molar-refractivity contribution in [1.82, 2.24) is 5.32 Å². The van der Waals surface area contributed by atoms with Crippen molar-refractivity contribution in [3.05, 3.63) is 0 Å². The second-order valence-electron chi connectivity index (χ2n) is 3.91. The van der Waals surface area contributed by atoms with E-state index < -0.39 is 5.97 Å². The molecule has 0 aromatic heterocycles. The molecule has 2 N–H and O–H groups in total. The zero-order valence-electron chi connectivity index (χ0n) is 8.25. The Morgan fingerprint density at radius 2 is 2.31 bits per heavy atom. The van der Waals surface area contributed by atoms with E-state index in [2.05, 4.69) is 12.2 Å². The standard InChI is InChI=1S/C10H19NO2/c1-2-8-4-3-5-9(6-8)11-7-10(12)13/h8-9,11H,2-7H2,1H3,(H,12,13). The molecule has 0 aromatic carbocycles. The van der Waals surface area contributed by atoms with Crippen molar-refractivity contribution >= 4 is 5.97 Å². The van der Waals surface area contributed by atoms with Crippen LogP contribution in [-0.4, -0.2) is 23.7 Å². The van der Waals surface area contributed by atoms with E-state index in [4.69, 9.17) is 5.11 Å². The Kier molecular flexibility index (Phi) is 4.22. The minimum Gasteiger partial charge on any atom is -0.480 e. The van der Waals surface area contributed by atoms with Crippen molar-refractivity contribution in [3.63, 3.8) is 0 Å². The lowest BCUT2D eigenvalue weighted by Crippen LogP contribution is -2.37. The van der Waals surface area contributed by atoms with Crippen LogP contribution in [0.25, 0.3) is 0 Å². The average molecular weight is 185 g/mol. The van der Waals surface area contributed by atoms with Gasteiger partial charge < -0.3 is 10.4 Å². The monoisotopic (exact) mass is 185 g/mol. The fourth-order valence-corrected chi connectivity index (χ4v) is 2.08. The predicted molar refractivity (Wildman–Crippen MR) is 51.7 cm³/mol. The molecule has 2 atom stereocenters. The van der Waals surface area contributed by atoms with Gasteiger partial charge in [-0.2, -0.15) is 0 Å². The van der Waals surface area contributed by atoms with E-state index in [-0.39, 0.29) is 6.54 Å². The summed E-state index contributed by atoms with van der Waals surface area (Å²) in [5.41, 5.74) is 0. The quantitative estimate of drug-likeness (QED) is 0.700. The molecule has 13 heavy (non-hydrogen) atoms. The zero-order chi connectivity index (χ0) is 9.68. The van der Waals surface area contributed by atoms with Crippen LogP contribution in [0.5, 0.6) is 0 Å². The maximum Gasteiger partial charge on any atom is 0.317 e. The fourth-order valence-electron chi connectivity index (χ4n) is 2.08. The van der Waals surface area contributed by atoms with Crippen molar-refractivity contribution in [2.75, 3.05) is 6.54 Å². The largest absolute Gasteiger partial charge is 0.480 e. The molecule has 1 aliphatic carbocycles. The summed E-state index contributed by atoms with van der Waals surface area (Å²) in [7, 11) is 0. The van der Waals surface area contributed by atoms with E-state index in [1.54, 1.807) is 0 Å². The van der Waals surface area contributed by atoms with Crippen molar-refractivity contribution < 1.29 is 9.90 Å². The third-order valence-electron chi connectivity index (χ3n) is 2.90. The number of nitrogens with one attached hydrogen (secondary N) is 1. The topological polar surface area (TPSA) is 49.3 Å². The van der Waals surface area contributed by atoms with Gasteiger partial charge >= 0.3 is 5.97 Å². The first kappa shape index (κ1) is 10.5. The molecule has 0 aromatic rings. The molecule has 1 saturated carbocycles. The number of carbonyl (C=O) groups is 1. The molecule has 0 spiro atoms. The lowest BCUT2D eigenvalue weighted by atomic mass is 9.84. The number of hydrogen-bond acceptors (Lipinski definition) is 2. The Hall–Kier alpha value is -0.570. The Morgan fingerprint density at radius 1 is 1.54 bits per heavy atom. The summed E-state index contributed by atoms with van der Waals surface area (Å²) in [4.78, 5) is 10.3. The third-order valence-corrected chi connectivity index (χ3v) is 2.90. The van der Waals surface area contributed by atoms with Crippen LogP contribution >= 0.6 is 0 Å². The van der Waals surface area contributed by atoms with Crippen molar-refractivity contribution in [1.29, 1.82) is 0 Å². The molecular weight excluding hydrogens is 166 g/mol. The van der Waals surface area contributed by atoms with E-state index in [0.717, 1.165) is 18.8 Å². The Balaban J connectivity index is 2.21. The van der Waals surface area contributed by atoms with Gasteiger partial charge in [-0.3, -0.25) is 4.79 Å². The molecule has 1 fully saturated rings. The summed E-state index contributed by atoms with van der Waals surface area (Å²) < 4.78 is 0. The highest BCUT2D eigenvalue weighted by Gasteiger charge is 2.20. The Labute approximate surface area is 79.5 Å². The number of carboxylic acid groups (broad SMARTS) is 1. The summed E-state index contributed by atoms with van der Waals surface area (Å²) in [5, 5.41) is 11.6. The Bertz CT molecular complexity index is 170. The van der Waals surface area contributed by atoms with Crippen LogP contribution < -0.4 is 5.32 Å². The minimum absolute atomic E-state index is 0.112. The molecule has 0 saturated heterocycles. The summed E-state index contributed by atoms with van der Waals surface area (Å²) in [6.07, 6.45) is 6.09. The van der Waals surface area contributed by atoms with Crippen LogP contribution in [0.2, 0.25) is 0 Å². The van der Waals surface area contributed by atoms with Crippen LogP contribution in [-0.2, 0) is 4.79 Å². The molecule has 0 heterocycles. The van der Waals surface area contributed by atoms with Gasteiger partial charge in [-0.25, -0.2) is 0 Å². The van der Waals surface area contributed by atoms with Gasteiger partial charge in [0.05, 0.1) is 6.54 Å². The molecule has 0 aliphatic heterocycles. The molecule has 0 bridgehead atoms. The minimum atomic E-state index is -0.751. The molecule has 1 aliphatic rings. The molecule has 3 heteroatoms. The van der Waals surface area contributed by atoms with Crippen molar-refractivity contribution in [3.8, 4) is 0 Å². The lowest BCUT2D eigenvalue weighted by Gasteiger charge is -2.28. The van der Waals surface area contributed by atoms with Gasteiger partial charge in [0.2, 0.25) is 0 Å². The molecule has 3 nitrogen and oxygen atoms in total. The van der Waals surface area contributed by atoms with Crippen LogP contribution in [0.4, 0.5) is 0 Å². The van der Waals surface area contributed by atoms with Crippen molar-refractivity contribution in [2.45, 2.75) is 45.1 Å². The molecule has 76 valence electrons. The first-order valence-electron chi connectivity index (χ1n) is 5.17. The Morgan fingerprint density at radius 3 is 2.92 bits per heavy atom. The predicted octanol–water partition coefficient (Wildman–Crippen LogP) is 1.63. The molecule has 0 amide bonds. The summed E-state index contributed by atoms with van der Waals surface area (Å²) in [5.74, 6) is 0.0543. The SMILES string of the molecule is CCC1CCCC(NCC(=O)O)C1. The molecular formula is C10H19NO2. The van der Waals surface area contributed by atoms with Gasteiger partial charge in [0.15, 0.2) is 0 Å². The maximum atomic E-state index is 10.3. The molecule has 2 unspecified atom stereocenters.